The smallest absolute Gasteiger partial charge is 0.191 e. The molecule has 0 radical (unpaired) electrons. The Kier molecular flexibility index (Phi) is 14.4. The van der Waals surface area contributed by atoms with Gasteiger partial charge >= 0.3 is 0 Å². The van der Waals surface area contributed by atoms with E-state index in [0.29, 0.717) is 25.2 Å². The number of furan rings is 1. The Hall–Kier alpha value is -0.840. The number of rotatable bonds is 12. The van der Waals surface area contributed by atoms with Crippen molar-refractivity contribution in [3.8, 4) is 0 Å². The summed E-state index contributed by atoms with van der Waals surface area (Å²) in [6, 6.07) is 4.27. The summed E-state index contributed by atoms with van der Waals surface area (Å²) in [5.41, 5.74) is 0. The fraction of sp³-hybridized carbons (Fsp3) is 0.762. The van der Waals surface area contributed by atoms with Gasteiger partial charge < -0.3 is 24.5 Å². The average molecular weight is 522 g/mol. The number of ether oxygens (including phenoxy) is 2. The molecule has 1 aromatic rings. The van der Waals surface area contributed by atoms with Crippen LogP contribution in [0.15, 0.2) is 27.8 Å². The second kappa shape index (κ2) is 15.9. The highest BCUT2D eigenvalue weighted by Crippen LogP contribution is 2.14. The summed E-state index contributed by atoms with van der Waals surface area (Å²) in [5.74, 6) is 2.41. The van der Waals surface area contributed by atoms with Gasteiger partial charge in [0.1, 0.15) is 12.4 Å². The first kappa shape index (κ1) is 26.2. The molecule has 1 fully saturated rings. The topological polar surface area (TPSA) is 71.3 Å². The van der Waals surface area contributed by atoms with E-state index in [1.807, 2.05) is 12.1 Å². The summed E-state index contributed by atoms with van der Waals surface area (Å²) in [4.78, 5) is 7.38. The first-order valence-electron chi connectivity index (χ1n) is 10.6. The minimum atomic E-state index is 0. The Morgan fingerprint density at radius 1 is 1.28 bits per heavy atom. The van der Waals surface area contributed by atoms with Crippen molar-refractivity contribution in [2.45, 2.75) is 46.3 Å². The molecule has 0 saturated carbocycles. The fourth-order valence-electron chi connectivity index (χ4n) is 3.31. The zero-order valence-corrected chi connectivity index (χ0v) is 20.5. The van der Waals surface area contributed by atoms with E-state index in [2.05, 4.69) is 36.3 Å². The quantitative estimate of drug-likeness (QED) is 0.190. The van der Waals surface area contributed by atoms with Gasteiger partial charge in [-0.15, -0.1) is 24.0 Å². The summed E-state index contributed by atoms with van der Waals surface area (Å²) >= 11 is 0. The van der Waals surface area contributed by atoms with Crippen LogP contribution in [-0.2, 0) is 16.1 Å². The molecule has 1 aliphatic heterocycles. The van der Waals surface area contributed by atoms with E-state index in [9.17, 15) is 0 Å². The number of morpholine rings is 1. The number of guanidine groups is 1. The van der Waals surface area contributed by atoms with Crippen molar-refractivity contribution in [3.05, 3.63) is 24.2 Å². The van der Waals surface area contributed by atoms with Crippen LogP contribution in [0.1, 0.15) is 39.4 Å². The van der Waals surface area contributed by atoms with Crippen molar-refractivity contribution in [1.29, 1.82) is 0 Å². The van der Waals surface area contributed by atoms with Crippen LogP contribution in [0.4, 0.5) is 0 Å². The van der Waals surface area contributed by atoms with E-state index in [1.165, 1.54) is 0 Å². The molecule has 1 saturated heterocycles. The van der Waals surface area contributed by atoms with E-state index in [1.54, 1.807) is 6.26 Å². The number of hydrogen-bond donors (Lipinski definition) is 2. The number of halogens is 1. The van der Waals surface area contributed by atoms with E-state index in [4.69, 9.17) is 18.9 Å². The average Bonchev–Trinajstić information content (AvgIpc) is 3.21. The van der Waals surface area contributed by atoms with Crippen LogP contribution in [0, 0.1) is 5.92 Å². The fourth-order valence-corrected chi connectivity index (χ4v) is 3.31. The van der Waals surface area contributed by atoms with Gasteiger partial charge in [-0.3, -0.25) is 9.89 Å². The molecule has 0 aliphatic carbocycles. The molecule has 0 bridgehead atoms. The van der Waals surface area contributed by atoms with Crippen LogP contribution in [0.3, 0.4) is 0 Å². The van der Waals surface area contributed by atoms with Crippen LogP contribution in [0.5, 0.6) is 0 Å². The Balaban J connectivity index is 0.00000420. The van der Waals surface area contributed by atoms with Crippen molar-refractivity contribution in [2.75, 3.05) is 52.5 Å². The lowest BCUT2D eigenvalue weighted by molar-refractivity contribution is 0.0143. The van der Waals surface area contributed by atoms with Gasteiger partial charge in [0.2, 0.25) is 0 Å². The van der Waals surface area contributed by atoms with Gasteiger partial charge in [0.15, 0.2) is 5.96 Å². The molecule has 29 heavy (non-hydrogen) atoms. The van der Waals surface area contributed by atoms with Gasteiger partial charge in [-0.25, -0.2) is 0 Å². The van der Waals surface area contributed by atoms with Gasteiger partial charge in [0.05, 0.1) is 26.0 Å². The van der Waals surface area contributed by atoms with Gasteiger partial charge in [-0.05, 0) is 37.8 Å². The molecular weight excluding hydrogens is 483 g/mol. The molecule has 1 aromatic heterocycles. The number of nitrogens with zero attached hydrogens (tertiary/aromatic N) is 2. The maximum Gasteiger partial charge on any atom is 0.191 e. The van der Waals surface area contributed by atoms with Crippen LogP contribution >= 0.6 is 24.0 Å². The van der Waals surface area contributed by atoms with Crippen LogP contribution in [0.25, 0.3) is 0 Å². The first-order chi connectivity index (χ1) is 13.7. The predicted molar refractivity (Wildman–Crippen MR) is 128 cm³/mol. The van der Waals surface area contributed by atoms with Crippen LogP contribution < -0.4 is 10.6 Å². The molecule has 2 heterocycles. The summed E-state index contributed by atoms with van der Waals surface area (Å²) in [6.07, 6.45) is 3.75. The third-order valence-corrected chi connectivity index (χ3v) is 4.69. The molecule has 1 aliphatic rings. The Bertz CT molecular complexity index is 534. The van der Waals surface area contributed by atoms with E-state index >= 15 is 0 Å². The number of hydrogen-bond acceptors (Lipinski definition) is 5. The molecular formula is C21H39IN4O3. The molecule has 1 atom stereocenters. The second-order valence-corrected chi connectivity index (χ2v) is 7.56. The third kappa shape index (κ3) is 11.2. The van der Waals surface area contributed by atoms with Crippen molar-refractivity contribution in [1.82, 2.24) is 15.5 Å². The summed E-state index contributed by atoms with van der Waals surface area (Å²) < 4.78 is 16.4. The highest BCUT2D eigenvalue weighted by Gasteiger charge is 2.21. The Labute approximate surface area is 193 Å². The molecule has 168 valence electrons. The van der Waals surface area contributed by atoms with Crippen molar-refractivity contribution in [2.24, 2.45) is 10.9 Å². The van der Waals surface area contributed by atoms with Gasteiger partial charge in [0.25, 0.3) is 0 Å². The second-order valence-electron chi connectivity index (χ2n) is 7.56. The summed E-state index contributed by atoms with van der Waals surface area (Å²) in [5, 5.41) is 6.77. The molecule has 1 unspecified atom stereocenters. The maximum absolute atomic E-state index is 5.63. The molecule has 0 spiro atoms. The highest BCUT2D eigenvalue weighted by molar-refractivity contribution is 14.0. The van der Waals surface area contributed by atoms with Gasteiger partial charge in [-0.1, -0.05) is 13.8 Å². The molecule has 7 nitrogen and oxygen atoms in total. The minimum absolute atomic E-state index is 0. The van der Waals surface area contributed by atoms with Crippen LogP contribution in [-0.4, -0.2) is 69.4 Å². The van der Waals surface area contributed by atoms with Gasteiger partial charge in [0, 0.05) is 38.8 Å². The third-order valence-electron chi connectivity index (χ3n) is 4.69. The largest absolute Gasteiger partial charge is 0.467 e. The first-order valence-corrected chi connectivity index (χ1v) is 10.6. The van der Waals surface area contributed by atoms with E-state index in [0.717, 1.165) is 70.5 Å². The number of aliphatic imine (C=N–C) groups is 1. The van der Waals surface area contributed by atoms with Crippen molar-refractivity contribution in [3.63, 3.8) is 0 Å². The Morgan fingerprint density at radius 3 is 2.72 bits per heavy atom. The lowest BCUT2D eigenvalue weighted by Crippen LogP contribution is -2.46. The number of nitrogens with one attached hydrogen (secondary N) is 2. The lowest BCUT2D eigenvalue weighted by atomic mass is 10.0. The zero-order valence-electron chi connectivity index (χ0n) is 18.2. The molecule has 0 aromatic carbocycles. The zero-order chi connectivity index (χ0) is 20.0. The normalized spacial score (nSPS) is 16.5. The molecule has 2 rings (SSSR count). The minimum Gasteiger partial charge on any atom is -0.467 e. The lowest BCUT2D eigenvalue weighted by Gasteiger charge is -2.34. The van der Waals surface area contributed by atoms with Crippen molar-refractivity contribution < 1.29 is 13.9 Å². The van der Waals surface area contributed by atoms with Crippen molar-refractivity contribution >= 4 is 29.9 Å². The van der Waals surface area contributed by atoms with Crippen LogP contribution in [0.2, 0.25) is 0 Å². The van der Waals surface area contributed by atoms with E-state index in [-0.39, 0.29) is 24.0 Å². The summed E-state index contributed by atoms with van der Waals surface area (Å²) in [6.45, 7) is 14.0. The highest BCUT2D eigenvalue weighted by atomic mass is 127. The summed E-state index contributed by atoms with van der Waals surface area (Å²) in [7, 11) is 0. The Morgan fingerprint density at radius 2 is 2.07 bits per heavy atom. The SMILES string of the molecule is CCNC(=NCC(CC(C)C)N1CCOCC1)NCCCOCc1ccco1.I. The molecule has 2 N–H and O–H groups in total. The molecule has 0 amide bonds. The van der Waals surface area contributed by atoms with Gasteiger partial charge in [-0.2, -0.15) is 0 Å². The monoisotopic (exact) mass is 522 g/mol. The standard InChI is InChI=1S/C21H38N4O3.HI/c1-4-22-21(23-8-6-11-27-17-20-7-5-12-28-20)24-16-19(15-18(2)3)25-9-13-26-14-10-25;/h5,7,12,18-19H,4,6,8-11,13-17H2,1-3H3,(H2,22,23,24);1H. The van der Waals surface area contributed by atoms with E-state index < -0.39 is 0 Å². The molecule has 8 heteroatoms. The predicted octanol–water partition coefficient (Wildman–Crippen LogP) is 3.11. The maximum atomic E-state index is 5.63.